The van der Waals surface area contributed by atoms with Crippen LogP contribution in [0.5, 0.6) is 0 Å². The van der Waals surface area contributed by atoms with E-state index in [1.807, 2.05) is 6.07 Å². The molecule has 2 unspecified atom stereocenters. The van der Waals surface area contributed by atoms with Gasteiger partial charge in [0.1, 0.15) is 6.61 Å². The van der Waals surface area contributed by atoms with Gasteiger partial charge < -0.3 is 43.1 Å². The Kier molecular flexibility index (Phi) is 18.8. The fourth-order valence-electron chi connectivity index (χ4n) is 2.09. The summed E-state index contributed by atoms with van der Waals surface area (Å²) in [5, 5.41) is 9.13. The minimum atomic E-state index is -3.90. The standard InChI is InChI=1S/C13H18NO7P.C5H12NO5P.CH4O/c1-18-12(15)11(22(17,19-2)20-3)14-13(16)21-9-10-7-5-4-6-8-10;1-9-5(7)4(6)12(8,10-2)11-3;1-2/h4-8,11H,9H2,1-3H3,(H,14,16);4H,6H2,1-3H3;2H,1H3. The molecule has 0 aliphatic carbocycles. The van der Waals surface area contributed by atoms with Crippen LogP contribution in [0.1, 0.15) is 5.56 Å². The first-order chi connectivity index (χ1) is 17.0. The zero-order valence-electron chi connectivity index (χ0n) is 21.1. The van der Waals surface area contributed by atoms with E-state index in [1.165, 1.54) is 0 Å². The van der Waals surface area contributed by atoms with E-state index < -0.39 is 44.8 Å². The van der Waals surface area contributed by atoms with Crippen molar-refractivity contribution in [2.45, 2.75) is 18.2 Å². The Hall–Kier alpha value is -2.35. The normalized spacial score (nSPS) is 12.4. The largest absolute Gasteiger partial charge is 0.467 e. The van der Waals surface area contributed by atoms with Crippen molar-refractivity contribution in [3.8, 4) is 0 Å². The number of esters is 2. The molecule has 0 radical (unpaired) electrons. The highest BCUT2D eigenvalue weighted by molar-refractivity contribution is 7.56. The molecule has 1 aromatic carbocycles. The van der Waals surface area contributed by atoms with Gasteiger partial charge in [0, 0.05) is 35.5 Å². The second kappa shape index (κ2) is 18.9. The highest BCUT2D eigenvalue weighted by Crippen LogP contribution is 2.51. The first-order valence-corrected chi connectivity index (χ1v) is 13.0. The zero-order valence-corrected chi connectivity index (χ0v) is 22.9. The molecule has 17 heteroatoms. The number of carbonyl (C=O) groups excluding carboxylic acids is 3. The number of amides is 1. The highest BCUT2D eigenvalue weighted by atomic mass is 31.2. The smallest absolute Gasteiger partial charge is 0.408 e. The van der Waals surface area contributed by atoms with Crippen LogP contribution in [0.4, 0.5) is 4.79 Å². The van der Waals surface area contributed by atoms with Crippen LogP contribution < -0.4 is 11.1 Å². The summed E-state index contributed by atoms with van der Waals surface area (Å²) in [6.45, 7) is -0.00910. The first kappa shape index (κ1) is 35.8. The summed E-state index contributed by atoms with van der Waals surface area (Å²) in [6, 6.07) is 8.93. The molecule has 0 aliphatic rings. The molecule has 208 valence electrons. The minimum absolute atomic E-state index is 0.00910. The monoisotopic (exact) mass is 560 g/mol. The Morgan fingerprint density at radius 2 is 1.28 bits per heavy atom. The molecule has 0 aromatic heterocycles. The van der Waals surface area contributed by atoms with Crippen LogP contribution in [-0.2, 0) is 57.6 Å². The average Bonchev–Trinajstić information content (AvgIpc) is 2.94. The number of aliphatic hydroxyl groups is 1. The molecule has 0 bridgehead atoms. The number of alkyl carbamates (subject to hydrolysis) is 1. The van der Waals surface area contributed by atoms with Crippen LogP contribution in [0.2, 0.25) is 0 Å². The van der Waals surface area contributed by atoms with E-state index in [2.05, 4.69) is 23.8 Å². The van der Waals surface area contributed by atoms with Gasteiger partial charge in [-0.25, -0.2) is 14.4 Å². The lowest BCUT2D eigenvalue weighted by atomic mass is 10.2. The van der Waals surface area contributed by atoms with Gasteiger partial charge in [-0.3, -0.25) is 14.4 Å². The number of rotatable bonds is 11. The maximum Gasteiger partial charge on any atom is 0.408 e. The summed E-state index contributed by atoms with van der Waals surface area (Å²) in [4.78, 5) is 34.2. The fraction of sp³-hybridized carbons (Fsp3) is 0.526. The van der Waals surface area contributed by atoms with Crippen molar-refractivity contribution in [3.63, 3.8) is 0 Å². The third-order valence-corrected chi connectivity index (χ3v) is 7.91. The summed E-state index contributed by atoms with van der Waals surface area (Å²) in [7, 11) is 0.261. The summed E-state index contributed by atoms with van der Waals surface area (Å²) in [5.41, 5.74) is 6.00. The second-order valence-corrected chi connectivity index (χ2v) is 10.6. The van der Waals surface area contributed by atoms with Gasteiger partial charge in [0.25, 0.3) is 0 Å². The molecule has 0 saturated carbocycles. The topological polar surface area (TPSA) is 208 Å². The van der Waals surface area contributed by atoms with E-state index >= 15 is 0 Å². The van der Waals surface area contributed by atoms with Crippen molar-refractivity contribution in [2.75, 3.05) is 49.8 Å². The van der Waals surface area contributed by atoms with Crippen molar-refractivity contribution < 1.29 is 60.9 Å². The number of nitrogens with one attached hydrogen (secondary N) is 1. The lowest BCUT2D eigenvalue weighted by Gasteiger charge is -2.22. The van der Waals surface area contributed by atoms with E-state index in [1.54, 1.807) is 24.3 Å². The number of ether oxygens (including phenoxy) is 3. The van der Waals surface area contributed by atoms with Crippen molar-refractivity contribution in [3.05, 3.63) is 35.9 Å². The molecule has 36 heavy (non-hydrogen) atoms. The van der Waals surface area contributed by atoms with E-state index in [0.717, 1.165) is 55.3 Å². The first-order valence-electron chi connectivity index (χ1n) is 9.74. The van der Waals surface area contributed by atoms with Crippen LogP contribution in [0.3, 0.4) is 0 Å². The fourth-order valence-corrected chi connectivity index (χ4v) is 4.26. The average molecular weight is 560 g/mol. The Balaban J connectivity index is 0. The van der Waals surface area contributed by atoms with Crippen molar-refractivity contribution in [1.82, 2.24) is 5.32 Å². The third kappa shape index (κ3) is 11.6. The van der Waals surface area contributed by atoms with E-state index in [0.29, 0.717) is 0 Å². The number of aliphatic hydroxyl groups excluding tert-OH is 1. The maximum absolute atomic E-state index is 12.2. The number of carbonyl (C=O) groups is 3. The molecule has 2 atom stereocenters. The molecular weight excluding hydrogens is 526 g/mol. The lowest BCUT2D eigenvalue weighted by molar-refractivity contribution is -0.141. The quantitative estimate of drug-likeness (QED) is 0.199. The SMILES string of the molecule is CO.COC(=O)C(N)P(=O)(OC)OC.COC(=O)C(NC(=O)OCc1ccccc1)P(=O)(OC)OC. The van der Waals surface area contributed by atoms with E-state index in [4.69, 9.17) is 24.6 Å². The molecule has 1 amide bonds. The van der Waals surface area contributed by atoms with Gasteiger partial charge in [-0.2, -0.15) is 0 Å². The summed E-state index contributed by atoms with van der Waals surface area (Å²) >= 11 is 0. The van der Waals surface area contributed by atoms with Crippen LogP contribution in [-0.4, -0.2) is 84.5 Å². The van der Waals surface area contributed by atoms with Gasteiger partial charge in [0.2, 0.25) is 11.6 Å². The molecular formula is C19H34N2O13P2. The van der Waals surface area contributed by atoms with Crippen LogP contribution >= 0.6 is 15.2 Å². The molecule has 0 aliphatic heterocycles. The van der Waals surface area contributed by atoms with Gasteiger partial charge in [0.05, 0.1) is 14.2 Å². The number of methoxy groups -OCH3 is 2. The molecule has 1 rings (SSSR count). The molecule has 0 fully saturated rings. The molecule has 0 heterocycles. The van der Waals surface area contributed by atoms with Gasteiger partial charge in [-0.1, -0.05) is 30.3 Å². The van der Waals surface area contributed by atoms with Crippen LogP contribution in [0.25, 0.3) is 0 Å². The zero-order chi connectivity index (χ0) is 28.4. The van der Waals surface area contributed by atoms with Crippen molar-refractivity contribution >= 4 is 33.2 Å². The predicted molar refractivity (Wildman–Crippen MR) is 127 cm³/mol. The Labute approximate surface area is 209 Å². The summed E-state index contributed by atoms with van der Waals surface area (Å²) in [6.07, 6.45) is -0.950. The van der Waals surface area contributed by atoms with Crippen molar-refractivity contribution in [2.24, 2.45) is 5.73 Å². The Bertz CT molecular complexity index is 869. The second-order valence-electron chi connectivity index (χ2n) is 5.91. The number of benzene rings is 1. The lowest BCUT2D eigenvalue weighted by Crippen LogP contribution is -2.42. The van der Waals surface area contributed by atoms with Gasteiger partial charge in [0.15, 0.2) is 0 Å². The highest BCUT2D eigenvalue weighted by Gasteiger charge is 2.42. The van der Waals surface area contributed by atoms with Gasteiger partial charge in [-0.05, 0) is 5.56 Å². The van der Waals surface area contributed by atoms with E-state index in [-0.39, 0.29) is 6.61 Å². The Morgan fingerprint density at radius 3 is 1.67 bits per heavy atom. The number of hydrogen-bond donors (Lipinski definition) is 3. The van der Waals surface area contributed by atoms with Crippen LogP contribution in [0.15, 0.2) is 30.3 Å². The summed E-state index contributed by atoms with van der Waals surface area (Å²) < 4.78 is 55.7. The molecule has 1 aromatic rings. The molecule has 4 N–H and O–H groups in total. The van der Waals surface area contributed by atoms with Gasteiger partial charge >= 0.3 is 33.2 Å². The molecule has 0 saturated heterocycles. The summed E-state index contributed by atoms with van der Waals surface area (Å²) in [5.74, 6) is -4.81. The third-order valence-electron chi connectivity index (χ3n) is 4.01. The molecule has 15 nitrogen and oxygen atoms in total. The number of hydrogen-bond acceptors (Lipinski definition) is 14. The molecule has 0 spiro atoms. The van der Waals surface area contributed by atoms with E-state index in [9.17, 15) is 23.5 Å². The number of nitrogens with two attached hydrogens (primary N) is 1. The van der Waals surface area contributed by atoms with Crippen LogP contribution in [0, 0.1) is 0 Å². The Morgan fingerprint density at radius 1 is 0.833 bits per heavy atom. The minimum Gasteiger partial charge on any atom is -0.467 e. The maximum atomic E-state index is 12.2. The van der Waals surface area contributed by atoms with Gasteiger partial charge in [-0.15, -0.1) is 0 Å². The van der Waals surface area contributed by atoms with Crippen molar-refractivity contribution in [1.29, 1.82) is 0 Å². The predicted octanol–water partition coefficient (Wildman–Crippen LogP) is 1.44.